The highest BCUT2D eigenvalue weighted by molar-refractivity contribution is 6.00. The number of hydrogen-bond acceptors (Lipinski definition) is 2. The van der Waals surface area contributed by atoms with Crippen molar-refractivity contribution in [3.05, 3.63) is 71.0 Å². The van der Waals surface area contributed by atoms with Crippen LogP contribution in [-0.2, 0) is 11.3 Å². The van der Waals surface area contributed by atoms with Gasteiger partial charge in [0.25, 0.3) is 5.91 Å². The number of halogens is 1. The molecule has 2 aromatic carbocycles. The van der Waals surface area contributed by atoms with E-state index in [-0.39, 0.29) is 18.3 Å². The third kappa shape index (κ3) is 2.80. The van der Waals surface area contributed by atoms with Crippen LogP contribution in [0.15, 0.2) is 48.5 Å². The summed E-state index contributed by atoms with van der Waals surface area (Å²) in [5.41, 5.74) is 0.867. The van der Waals surface area contributed by atoms with E-state index >= 15 is 0 Å². The molecule has 3 rings (SSSR count). The van der Waals surface area contributed by atoms with Crippen LogP contribution in [0, 0.1) is 5.82 Å². The Morgan fingerprint density at radius 3 is 2.44 bits per heavy atom. The molecule has 0 aliphatic carbocycles. The van der Waals surface area contributed by atoms with Crippen LogP contribution in [0.25, 0.3) is 0 Å². The van der Waals surface area contributed by atoms with Crippen molar-refractivity contribution < 1.29 is 19.1 Å². The molecule has 1 heterocycles. The van der Waals surface area contributed by atoms with E-state index in [1.54, 1.807) is 41.3 Å². The van der Waals surface area contributed by atoms with Gasteiger partial charge in [0.2, 0.25) is 0 Å². The highest BCUT2D eigenvalue weighted by Crippen LogP contribution is 2.43. The lowest BCUT2D eigenvalue weighted by molar-refractivity contribution is -0.143. The second kappa shape index (κ2) is 6.31. The predicted octanol–water partition coefficient (Wildman–Crippen LogP) is 3.82. The molecule has 1 aliphatic heterocycles. The molecule has 1 aliphatic rings. The first kappa shape index (κ1) is 17.1. The second-order valence-electron chi connectivity index (χ2n) is 6.59. The van der Waals surface area contributed by atoms with E-state index in [1.165, 1.54) is 12.1 Å². The van der Waals surface area contributed by atoms with Crippen LogP contribution in [-0.4, -0.2) is 27.4 Å². The van der Waals surface area contributed by atoms with Crippen molar-refractivity contribution in [1.29, 1.82) is 0 Å². The number of carboxylic acid groups (broad SMARTS) is 1. The largest absolute Gasteiger partial charge is 0.481 e. The maximum absolute atomic E-state index is 13.2. The Labute approximate surface area is 145 Å². The summed E-state index contributed by atoms with van der Waals surface area (Å²) >= 11 is 0. The van der Waals surface area contributed by atoms with Gasteiger partial charge in [0, 0.05) is 12.1 Å². The fourth-order valence-corrected chi connectivity index (χ4v) is 3.63. The molecule has 0 radical (unpaired) electrons. The fourth-order valence-electron chi connectivity index (χ4n) is 3.63. The summed E-state index contributed by atoms with van der Waals surface area (Å²) in [7, 11) is 0. The summed E-state index contributed by atoms with van der Waals surface area (Å²) in [6, 6.07) is 12.8. The zero-order valence-electron chi connectivity index (χ0n) is 14.2. The zero-order valence-corrected chi connectivity index (χ0v) is 14.2. The van der Waals surface area contributed by atoms with Gasteiger partial charge in [-0.15, -0.1) is 0 Å². The number of carbonyl (C=O) groups is 2. The third-order valence-electron chi connectivity index (χ3n) is 5.20. The number of carbonyl (C=O) groups excluding carboxylic acids is 1. The molecule has 1 amide bonds. The molecule has 4 nitrogen and oxygen atoms in total. The Morgan fingerprint density at radius 1 is 1.20 bits per heavy atom. The van der Waals surface area contributed by atoms with Gasteiger partial charge >= 0.3 is 5.97 Å². The highest BCUT2D eigenvalue weighted by Gasteiger charge is 2.50. The van der Waals surface area contributed by atoms with Gasteiger partial charge in [0.05, 0.1) is 5.54 Å². The first-order chi connectivity index (χ1) is 11.9. The summed E-state index contributed by atoms with van der Waals surface area (Å²) in [4.78, 5) is 26.8. The number of amides is 1. The number of nitrogens with zero attached hydrogens (tertiary/aromatic N) is 1. The Kier molecular flexibility index (Phi) is 4.33. The molecule has 5 heteroatoms. The topological polar surface area (TPSA) is 57.6 Å². The van der Waals surface area contributed by atoms with Crippen LogP contribution in [0.4, 0.5) is 4.39 Å². The smallest absolute Gasteiger partial charge is 0.313 e. The maximum atomic E-state index is 13.2. The summed E-state index contributed by atoms with van der Waals surface area (Å²) in [6.45, 7) is 3.93. The monoisotopic (exact) mass is 341 g/mol. The first-order valence-corrected chi connectivity index (χ1v) is 8.26. The van der Waals surface area contributed by atoms with Crippen molar-refractivity contribution in [3.8, 4) is 0 Å². The lowest BCUT2D eigenvalue weighted by atomic mass is 9.72. The van der Waals surface area contributed by atoms with Crippen LogP contribution < -0.4 is 0 Å². The van der Waals surface area contributed by atoms with E-state index < -0.39 is 17.4 Å². The van der Waals surface area contributed by atoms with Gasteiger partial charge in [-0.1, -0.05) is 37.3 Å². The average molecular weight is 341 g/mol. The first-order valence-electron chi connectivity index (χ1n) is 8.26. The third-order valence-corrected chi connectivity index (χ3v) is 5.20. The van der Waals surface area contributed by atoms with Crippen LogP contribution in [0.3, 0.4) is 0 Å². The zero-order chi connectivity index (χ0) is 18.2. The summed E-state index contributed by atoms with van der Waals surface area (Å²) in [5.74, 6) is -2.30. The standard InChI is InChI=1S/C20H20FNO3/c1-3-20(2)17(19(24)25)15-6-4-5-7-16(15)18(23)22(20)12-13-8-10-14(21)11-9-13/h4-11,17H,3,12H2,1-2H3,(H,24,25). The lowest BCUT2D eigenvalue weighted by Crippen LogP contribution is -2.58. The lowest BCUT2D eigenvalue weighted by Gasteiger charge is -2.48. The number of fused-ring (bicyclic) bond motifs is 1. The van der Waals surface area contributed by atoms with Crippen molar-refractivity contribution in [2.75, 3.05) is 0 Å². The number of benzene rings is 2. The normalized spacial score (nSPS) is 22.6. The van der Waals surface area contributed by atoms with Crippen molar-refractivity contribution in [2.24, 2.45) is 0 Å². The van der Waals surface area contributed by atoms with Crippen molar-refractivity contribution in [2.45, 2.75) is 38.3 Å². The van der Waals surface area contributed by atoms with Crippen LogP contribution in [0.1, 0.15) is 47.7 Å². The van der Waals surface area contributed by atoms with E-state index in [2.05, 4.69) is 0 Å². The minimum absolute atomic E-state index is 0.193. The maximum Gasteiger partial charge on any atom is 0.313 e. The number of aliphatic carboxylic acids is 1. The minimum Gasteiger partial charge on any atom is -0.481 e. The molecule has 2 unspecified atom stereocenters. The highest BCUT2D eigenvalue weighted by atomic mass is 19.1. The molecule has 0 saturated carbocycles. The Balaban J connectivity index is 2.11. The summed E-state index contributed by atoms with van der Waals surface area (Å²) in [6.07, 6.45) is 0.491. The van der Waals surface area contributed by atoms with E-state index in [1.807, 2.05) is 13.8 Å². The molecule has 25 heavy (non-hydrogen) atoms. The summed E-state index contributed by atoms with van der Waals surface area (Å²) in [5, 5.41) is 9.87. The molecule has 130 valence electrons. The average Bonchev–Trinajstić information content (AvgIpc) is 2.60. The van der Waals surface area contributed by atoms with Gasteiger partial charge in [0.15, 0.2) is 0 Å². The fraction of sp³-hybridized carbons (Fsp3) is 0.300. The van der Waals surface area contributed by atoms with E-state index in [0.29, 0.717) is 17.5 Å². The Hall–Kier alpha value is -2.69. The van der Waals surface area contributed by atoms with E-state index in [4.69, 9.17) is 0 Å². The molecular weight excluding hydrogens is 321 g/mol. The molecule has 0 saturated heterocycles. The Bertz CT molecular complexity index is 818. The number of carboxylic acids is 1. The molecule has 0 spiro atoms. The van der Waals surface area contributed by atoms with Gasteiger partial charge in [-0.25, -0.2) is 4.39 Å². The molecular formula is C20H20FNO3. The van der Waals surface area contributed by atoms with Gasteiger partial charge in [0.1, 0.15) is 11.7 Å². The van der Waals surface area contributed by atoms with Gasteiger partial charge in [-0.3, -0.25) is 9.59 Å². The summed E-state index contributed by atoms with van der Waals surface area (Å²) < 4.78 is 13.2. The van der Waals surface area contributed by atoms with E-state index in [9.17, 15) is 19.1 Å². The number of rotatable bonds is 4. The van der Waals surface area contributed by atoms with Crippen molar-refractivity contribution in [3.63, 3.8) is 0 Å². The van der Waals surface area contributed by atoms with Gasteiger partial charge < -0.3 is 10.0 Å². The quantitative estimate of drug-likeness (QED) is 0.920. The van der Waals surface area contributed by atoms with Gasteiger partial charge in [-0.2, -0.15) is 0 Å². The Morgan fingerprint density at radius 2 is 1.84 bits per heavy atom. The molecule has 2 atom stereocenters. The van der Waals surface area contributed by atoms with Crippen molar-refractivity contribution >= 4 is 11.9 Å². The molecule has 0 fully saturated rings. The SMILES string of the molecule is CCC1(C)C(C(=O)O)c2ccccc2C(=O)N1Cc1ccc(F)cc1. The minimum atomic E-state index is -0.951. The number of hydrogen-bond donors (Lipinski definition) is 1. The predicted molar refractivity (Wildman–Crippen MR) is 91.8 cm³/mol. The van der Waals surface area contributed by atoms with Crippen molar-refractivity contribution in [1.82, 2.24) is 4.90 Å². The molecule has 0 bridgehead atoms. The van der Waals surface area contributed by atoms with Crippen LogP contribution >= 0.6 is 0 Å². The van der Waals surface area contributed by atoms with E-state index in [0.717, 1.165) is 5.56 Å². The molecule has 0 aromatic heterocycles. The second-order valence-corrected chi connectivity index (χ2v) is 6.59. The van der Waals surface area contributed by atoms with Crippen LogP contribution in [0.2, 0.25) is 0 Å². The molecule has 1 N–H and O–H groups in total. The van der Waals surface area contributed by atoms with Crippen LogP contribution in [0.5, 0.6) is 0 Å². The van der Waals surface area contributed by atoms with Gasteiger partial charge in [-0.05, 0) is 42.7 Å². The molecule has 2 aromatic rings.